The number of carbonyl (C=O) groups excluding carboxylic acids is 2. The van der Waals surface area contributed by atoms with Gasteiger partial charge < -0.3 is 10.6 Å². The van der Waals surface area contributed by atoms with Gasteiger partial charge in [-0.3, -0.25) is 9.59 Å². The van der Waals surface area contributed by atoms with Gasteiger partial charge in [0.15, 0.2) is 5.82 Å². The second-order valence-corrected chi connectivity index (χ2v) is 6.55. The largest absolute Gasteiger partial charge is 0.352 e. The predicted octanol–water partition coefficient (Wildman–Crippen LogP) is 2.20. The number of hydrogen-bond donors (Lipinski definition) is 2. The monoisotopic (exact) mass is 398 g/mol. The Hall–Kier alpha value is -3.26. The molecule has 1 atom stereocenters. The van der Waals surface area contributed by atoms with E-state index in [-0.39, 0.29) is 24.8 Å². The Kier molecular flexibility index (Phi) is 6.33. The van der Waals surface area contributed by atoms with Crippen LogP contribution in [0.15, 0.2) is 55.2 Å². The molecule has 0 aliphatic heterocycles. The van der Waals surface area contributed by atoms with Crippen LogP contribution in [-0.2, 0) is 16.1 Å². The van der Waals surface area contributed by atoms with E-state index in [9.17, 15) is 9.59 Å². The number of pyridine rings is 1. The first-order chi connectivity index (χ1) is 13.5. The summed E-state index contributed by atoms with van der Waals surface area (Å²) in [6.45, 7) is 1.69. The third-order valence-corrected chi connectivity index (χ3v) is 4.27. The Labute approximate surface area is 167 Å². The fraction of sp³-hybridized carbons (Fsp3) is 0.211. The van der Waals surface area contributed by atoms with Gasteiger partial charge in [-0.2, -0.15) is 5.10 Å². The Bertz CT molecular complexity index is 943. The van der Waals surface area contributed by atoms with Gasteiger partial charge in [-0.1, -0.05) is 29.8 Å². The van der Waals surface area contributed by atoms with Crippen LogP contribution in [0.25, 0.3) is 5.82 Å². The van der Waals surface area contributed by atoms with Crippen LogP contribution in [0.3, 0.4) is 0 Å². The zero-order valence-electron chi connectivity index (χ0n) is 15.2. The van der Waals surface area contributed by atoms with Crippen molar-refractivity contribution in [1.29, 1.82) is 0 Å². The molecule has 0 fully saturated rings. The molecule has 2 aromatic heterocycles. The maximum atomic E-state index is 12.5. The van der Waals surface area contributed by atoms with Crippen molar-refractivity contribution in [2.24, 2.45) is 0 Å². The first kappa shape index (κ1) is 19.5. The van der Waals surface area contributed by atoms with Crippen LogP contribution in [0.5, 0.6) is 0 Å². The van der Waals surface area contributed by atoms with Gasteiger partial charge in [-0.15, -0.1) is 0 Å². The molecule has 0 saturated heterocycles. The number of aromatic nitrogens is 4. The summed E-state index contributed by atoms with van der Waals surface area (Å²) in [4.78, 5) is 32.3. The maximum Gasteiger partial charge on any atom is 0.222 e. The number of amides is 2. The molecule has 8 nitrogen and oxygen atoms in total. The molecule has 2 N–H and O–H groups in total. The molecular formula is C19H19ClN6O2. The first-order valence-corrected chi connectivity index (χ1v) is 8.99. The fourth-order valence-corrected chi connectivity index (χ4v) is 2.86. The van der Waals surface area contributed by atoms with Gasteiger partial charge in [-0.25, -0.2) is 14.6 Å². The van der Waals surface area contributed by atoms with Gasteiger partial charge in [0.25, 0.3) is 0 Å². The number of hydrogen-bond acceptors (Lipinski definition) is 5. The Balaban J connectivity index is 1.67. The molecule has 1 aromatic carbocycles. The quantitative estimate of drug-likeness (QED) is 0.635. The Morgan fingerprint density at radius 2 is 2.00 bits per heavy atom. The van der Waals surface area contributed by atoms with Crippen molar-refractivity contribution in [2.45, 2.75) is 25.9 Å². The second kappa shape index (κ2) is 9.09. The number of halogens is 1. The van der Waals surface area contributed by atoms with Crippen molar-refractivity contribution in [3.8, 4) is 5.82 Å². The minimum atomic E-state index is -0.446. The lowest BCUT2D eigenvalue weighted by Crippen LogP contribution is -2.32. The number of rotatable bonds is 7. The SMILES string of the molecule is CC(=O)NC(CC(=O)NCc1cccnc1-n1cncn1)c1ccc(Cl)cc1. The van der Waals surface area contributed by atoms with Crippen LogP contribution in [0.1, 0.15) is 30.5 Å². The number of nitrogens with one attached hydrogen (secondary N) is 2. The van der Waals surface area contributed by atoms with E-state index in [4.69, 9.17) is 11.6 Å². The summed E-state index contributed by atoms with van der Waals surface area (Å²) in [5.41, 5.74) is 1.60. The van der Waals surface area contributed by atoms with Crippen LogP contribution >= 0.6 is 11.6 Å². The minimum Gasteiger partial charge on any atom is -0.352 e. The number of benzene rings is 1. The van der Waals surface area contributed by atoms with Gasteiger partial charge >= 0.3 is 0 Å². The van der Waals surface area contributed by atoms with Crippen LogP contribution in [0.4, 0.5) is 0 Å². The molecular weight excluding hydrogens is 380 g/mol. The summed E-state index contributed by atoms with van der Waals surface area (Å²) >= 11 is 5.92. The fourth-order valence-electron chi connectivity index (χ4n) is 2.74. The molecule has 0 saturated carbocycles. The molecule has 3 rings (SSSR count). The lowest BCUT2D eigenvalue weighted by atomic mass is 10.0. The topological polar surface area (TPSA) is 102 Å². The van der Waals surface area contributed by atoms with Crippen molar-refractivity contribution >= 4 is 23.4 Å². The molecule has 9 heteroatoms. The number of carbonyl (C=O) groups is 2. The maximum absolute atomic E-state index is 12.5. The third kappa shape index (κ3) is 5.14. The van der Waals surface area contributed by atoms with Crippen LogP contribution in [0.2, 0.25) is 5.02 Å². The Morgan fingerprint density at radius 3 is 2.68 bits per heavy atom. The van der Waals surface area contributed by atoms with Crippen LogP contribution in [0, 0.1) is 0 Å². The zero-order valence-corrected chi connectivity index (χ0v) is 15.9. The van der Waals surface area contributed by atoms with E-state index in [0.29, 0.717) is 10.8 Å². The van der Waals surface area contributed by atoms with Crippen molar-refractivity contribution in [2.75, 3.05) is 0 Å². The Morgan fingerprint density at radius 1 is 1.21 bits per heavy atom. The highest BCUT2D eigenvalue weighted by molar-refractivity contribution is 6.30. The average Bonchev–Trinajstić information content (AvgIpc) is 3.21. The van der Waals surface area contributed by atoms with Crippen LogP contribution < -0.4 is 10.6 Å². The van der Waals surface area contributed by atoms with Crippen LogP contribution in [-0.4, -0.2) is 31.6 Å². The molecule has 1 unspecified atom stereocenters. The standard InChI is InChI=1S/C19H19ClN6O2/c1-13(27)25-17(14-4-6-16(20)7-5-14)9-18(28)23-10-15-3-2-8-22-19(15)26-12-21-11-24-26/h2-8,11-12,17H,9-10H2,1H3,(H,23,28)(H,25,27). The highest BCUT2D eigenvalue weighted by Gasteiger charge is 2.17. The summed E-state index contributed by atoms with van der Waals surface area (Å²) in [5.74, 6) is 0.173. The smallest absolute Gasteiger partial charge is 0.222 e. The van der Waals surface area contributed by atoms with E-state index >= 15 is 0 Å². The van der Waals surface area contributed by atoms with E-state index in [1.54, 1.807) is 42.9 Å². The predicted molar refractivity (Wildman–Crippen MR) is 104 cm³/mol. The molecule has 0 radical (unpaired) electrons. The van der Waals surface area contributed by atoms with Gasteiger partial charge in [0.2, 0.25) is 11.8 Å². The summed E-state index contributed by atoms with van der Waals surface area (Å²) < 4.78 is 1.54. The normalized spacial score (nSPS) is 11.6. The highest BCUT2D eigenvalue weighted by atomic mass is 35.5. The molecule has 0 spiro atoms. The second-order valence-electron chi connectivity index (χ2n) is 6.11. The van der Waals surface area contributed by atoms with E-state index in [1.807, 2.05) is 6.07 Å². The zero-order chi connectivity index (χ0) is 19.9. The summed E-state index contributed by atoms with van der Waals surface area (Å²) in [6.07, 6.45) is 4.71. The van der Waals surface area contributed by atoms with E-state index in [0.717, 1.165) is 11.1 Å². The van der Waals surface area contributed by atoms with Gasteiger partial charge in [0.1, 0.15) is 12.7 Å². The average molecular weight is 399 g/mol. The minimum absolute atomic E-state index is 0.0974. The summed E-state index contributed by atoms with van der Waals surface area (Å²) in [7, 11) is 0. The lowest BCUT2D eigenvalue weighted by Gasteiger charge is -2.18. The lowest BCUT2D eigenvalue weighted by molar-refractivity contribution is -0.122. The highest BCUT2D eigenvalue weighted by Crippen LogP contribution is 2.20. The van der Waals surface area contributed by atoms with E-state index in [2.05, 4.69) is 25.7 Å². The molecule has 3 aromatic rings. The molecule has 0 aliphatic rings. The third-order valence-electron chi connectivity index (χ3n) is 4.02. The molecule has 0 bridgehead atoms. The molecule has 0 aliphatic carbocycles. The number of nitrogens with zero attached hydrogens (tertiary/aromatic N) is 4. The molecule has 144 valence electrons. The van der Waals surface area contributed by atoms with Crippen molar-refractivity contribution < 1.29 is 9.59 Å². The molecule has 2 amide bonds. The van der Waals surface area contributed by atoms with Crippen molar-refractivity contribution in [3.05, 3.63) is 71.4 Å². The van der Waals surface area contributed by atoms with Gasteiger partial charge in [0, 0.05) is 30.3 Å². The van der Waals surface area contributed by atoms with E-state index in [1.165, 1.54) is 17.9 Å². The van der Waals surface area contributed by atoms with Gasteiger partial charge in [0.05, 0.1) is 12.5 Å². The van der Waals surface area contributed by atoms with Crippen molar-refractivity contribution in [1.82, 2.24) is 30.4 Å². The molecule has 28 heavy (non-hydrogen) atoms. The summed E-state index contributed by atoms with van der Waals surface area (Å²) in [5, 5.41) is 10.3. The first-order valence-electron chi connectivity index (χ1n) is 8.61. The van der Waals surface area contributed by atoms with Crippen molar-refractivity contribution in [3.63, 3.8) is 0 Å². The van der Waals surface area contributed by atoms with Gasteiger partial charge in [-0.05, 0) is 23.8 Å². The molecule has 2 heterocycles. The van der Waals surface area contributed by atoms with E-state index < -0.39 is 6.04 Å². The summed E-state index contributed by atoms with van der Waals surface area (Å²) in [6, 6.07) is 10.2.